The number of hydrogen-bond donors (Lipinski definition) is 2. The quantitative estimate of drug-likeness (QED) is 0.333. The molecule has 2 N–H and O–H groups in total. The van der Waals surface area contributed by atoms with E-state index in [1.54, 1.807) is 0 Å². The number of hydrogen-bond acceptors (Lipinski definition) is 8. The first-order valence-corrected chi connectivity index (χ1v) is 11.7. The van der Waals surface area contributed by atoms with Gasteiger partial charge in [-0.25, -0.2) is 14.8 Å². The number of benzene rings is 1. The minimum absolute atomic E-state index is 0.000497. The summed E-state index contributed by atoms with van der Waals surface area (Å²) in [7, 11) is 0. The summed E-state index contributed by atoms with van der Waals surface area (Å²) < 4.78 is 89.0. The van der Waals surface area contributed by atoms with Gasteiger partial charge in [0.1, 0.15) is 35.4 Å². The summed E-state index contributed by atoms with van der Waals surface area (Å²) in [6.07, 6.45) is -6.70. The van der Waals surface area contributed by atoms with Crippen molar-refractivity contribution in [2.75, 3.05) is 11.9 Å². The first-order chi connectivity index (χ1) is 17.4. The molecule has 1 aromatic carbocycles. The van der Waals surface area contributed by atoms with Crippen molar-refractivity contribution in [3.63, 3.8) is 0 Å². The molecule has 0 saturated carbocycles. The molecule has 0 spiro atoms. The van der Waals surface area contributed by atoms with Crippen LogP contribution in [0.5, 0.6) is 11.5 Å². The molecule has 0 bridgehead atoms. The third-order valence-corrected chi connectivity index (χ3v) is 6.37. The molecule has 1 aliphatic carbocycles. The number of carbonyl (C=O) groups is 1. The van der Waals surface area contributed by atoms with Gasteiger partial charge in [0, 0.05) is 17.5 Å². The number of nitrogens with zero attached hydrogens (tertiary/aromatic N) is 2. The molecular weight excluding hydrogens is 532 g/mol. The molecule has 0 saturated heterocycles. The van der Waals surface area contributed by atoms with Crippen molar-refractivity contribution in [1.82, 2.24) is 9.97 Å². The number of aryl methyl sites for hydroxylation is 2. The van der Waals surface area contributed by atoms with E-state index in [1.807, 2.05) is 0 Å². The number of aliphatic carboxylic acids is 1. The number of ether oxygens (including phenoxy) is 3. The lowest BCUT2D eigenvalue weighted by atomic mass is 9.97. The van der Waals surface area contributed by atoms with Crippen molar-refractivity contribution in [3.8, 4) is 11.5 Å². The zero-order valence-corrected chi connectivity index (χ0v) is 19.6. The molecule has 0 radical (unpaired) electrons. The van der Waals surface area contributed by atoms with E-state index in [-0.39, 0.29) is 24.5 Å². The van der Waals surface area contributed by atoms with Crippen LogP contribution in [0, 0.1) is 0 Å². The number of thiophene rings is 1. The van der Waals surface area contributed by atoms with Crippen molar-refractivity contribution >= 4 is 33.3 Å². The normalized spacial score (nSPS) is 13.9. The highest BCUT2D eigenvalue weighted by Crippen LogP contribution is 2.39. The molecule has 2 heterocycles. The van der Waals surface area contributed by atoms with Crippen LogP contribution in [0.2, 0.25) is 0 Å². The largest absolute Gasteiger partial charge is 0.573 e. The number of carboxylic acids is 1. The maximum atomic E-state index is 12.7. The van der Waals surface area contributed by atoms with Gasteiger partial charge in [-0.3, -0.25) is 0 Å². The van der Waals surface area contributed by atoms with Crippen molar-refractivity contribution in [1.29, 1.82) is 0 Å². The van der Waals surface area contributed by atoms with Crippen molar-refractivity contribution < 1.29 is 50.5 Å². The summed E-state index contributed by atoms with van der Waals surface area (Å²) >= 11 is 1.45. The fourth-order valence-electron chi connectivity index (χ4n) is 3.93. The monoisotopic (exact) mass is 551 g/mol. The summed E-state index contributed by atoms with van der Waals surface area (Å²) in [6, 6.07) is 2.35. The molecule has 0 atom stereocenters. The predicted octanol–water partition coefficient (Wildman–Crippen LogP) is 5.58. The van der Waals surface area contributed by atoms with Crippen molar-refractivity contribution in [3.05, 3.63) is 40.0 Å². The average Bonchev–Trinajstić information content (AvgIpc) is 3.13. The molecule has 0 aliphatic heterocycles. The van der Waals surface area contributed by atoms with E-state index >= 15 is 0 Å². The third kappa shape index (κ3) is 7.35. The Balaban J connectivity index is 1.66. The van der Waals surface area contributed by atoms with Crippen molar-refractivity contribution in [2.45, 2.75) is 51.6 Å². The van der Waals surface area contributed by atoms with E-state index in [9.17, 15) is 31.1 Å². The SMILES string of the molecule is O=C(O)COCc1nc(NCc2cc(OC(F)(F)F)cc(OC(F)(F)F)c2)c2c3c(sc2n1)CCCC3. The van der Waals surface area contributed by atoms with E-state index in [4.69, 9.17) is 9.84 Å². The van der Waals surface area contributed by atoms with Crippen LogP contribution in [-0.4, -0.2) is 40.4 Å². The molecule has 3 aromatic rings. The van der Waals surface area contributed by atoms with Gasteiger partial charge in [0.05, 0.1) is 5.39 Å². The lowest BCUT2D eigenvalue weighted by Crippen LogP contribution is -2.19. The molecule has 15 heteroatoms. The Hall–Kier alpha value is -3.33. The molecular formula is C22H19F6N3O5S. The number of alkyl halides is 6. The second kappa shape index (κ2) is 10.6. The highest BCUT2D eigenvalue weighted by Gasteiger charge is 2.34. The zero-order chi connectivity index (χ0) is 26.8. The van der Waals surface area contributed by atoms with E-state index in [0.29, 0.717) is 22.1 Å². The number of aromatic nitrogens is 2. The minimum Gasteiger partial charge on any atom is -0.480 e. The highest BCUT2D eigenvalue weighted by molar-refractivity contribution is 7.19. The van der Waals surface area contributed by atoms with Gasteiger partial charge in [0.2, 0.25) is 0 Å². The standard InChI is InChI=1S/C22H19F6N3O5S/c23-21(24,25)35-12-5-11(6-13(7-12)36-22(26,27)28)8-29-19-18-14-3-1-2-4-15(14)37-20(18)31-16(30-19)9-34-10-17(32)33/h5-7H,1-4,8-10H2,(H,32,33)(H,29,30,31). The van der Waals surface area contributed by atoms with Crippen LogP contribution in [0.4, 0.5) is 32.2 Å². The fraction of sp³-hybridized carbons (Fsp3) is 0.409. The number of nitrogens with one attached hydrogen (secondary N) is 1. The van der Waals surface area contributed by atoms with Crippen LogP contribution in [0.25, 0.3) is 10.2 Å². The van der Waals surface area contributed by atoms with Gasteiger partial charge in [-0.05, 0) is 48.9 Å². The Morgan fingerprint density at radius 1 is 1.00 bits per heavy atom. The van der Waals surface area contributed by atoms with Crippen LogP contribution in [0.3, 0.4) is 0 Å². The molecule has 1 aliphatic rings. The van der Waals surface area contributed by atoms with Crippen LogP contribution in [0.15, 0.2) is 18.2 Å². The summed E-state index contributed by atoms with van der Waals surface area (Å²) in [6.45, 7) is -1.01. The summed E-state index contributed by atoms with van der Waals surface area (Å²) in [5.74, 6) is -2.46. The topological polar surface area (TPSA) is 103 Å². The zero-order valence-electron chi connectivity index (χ0n) is 18.8. The van der Waals surface area contributed by atoms with Gasteiger partial charge in [0.15, 0.2) is 5.82 Å². The number of rotatable bonds is 9. The molecule has 0 unspecified atom stereocenters. The Morgan fingerprint density at radius 2 is 1.65 bits per heavy atom. The second-order valence-corrected chi connectivity index (χ2v) is 9.11. The fourth-order valence-corrected chi connectivity index (χ4v) is 5.21. The van der Waals surface area contributed by atoms with Gasteiger partial charge < -0.3 is 24.6 Å². The number of carboxylic acid groups (broad SMARTS) is 1. The van der Waals surface area contributed by atoms with E-state index in [2.05, 4.69) is 24.8 Å². The average molecular weight is 551 g/mol. The number of fused-ring (bicyclic) bond motifs is 3. The first-order valence-electron chi connectivity index (χ1n) is 10.9. The molecule has 0 fully saturated rings. The molecule has 0 amide bonds. The van der Waals surface area contributed by atoms with E-state index in [1.165, 1.54) is 11.3 Å². The molecule has 200 valence electrons. The summed E-state index contributed by atoms with van der Waals surface area (Å²) in [5, 5.41) is 12.5. The van der Waals surface area contributed by atoms with Crippen LogP contribution in [0.1, 0.15) is 34.7 Å². The maximum absolute atomic E-state index is 12.7. The third-order valence-electron chi connectivity index (χ3n) is 5.18. The Morgan fingerprint density at radius 3 is 2.27 bits per heavy atom. The first kappa shape index (κ1) is 26.7. The second-order valence-electron chi connectivity index (χ2n) is 8.03. The minimum atomic E-state index is -5.12. The van der Waals surface area contributed by atoms with E-state index < -0.39 is 36.8 Å². The van der Waals surface area contributed by atoms with Gasteiger partial charge in [-0.1, -0.05) is 0 Å². The lowest BCUT2D eigenvalue weighted by Gasteiger charge is -2.16. The number of anilines is 1. The van der Waals surface area contributed by atoms with E-state index in [0.717, 1.165) is 48.3 Å². The molecule has 2 aromatic heterocycles. The van der Waals surface area contributed by atoms with Crippen LogP contribution >= 0.6 is 11.3 Å². The van der Waals surface area contributed by atoms with Gasteiger partial charge >= 0.3 is 18.7 Å². The maximum Gasteiger partial charge on any atom is 0.573 e. The summed E-state index contributed by atoms with van der Waals surface area (Å²) in [4.78, 5) is 21.3. The highest BCUT2D eigenvalue weighted by atomic mass is 32.1. The summed E-state index contributed by atoms with van der Waals surface area (Å²) in [5.41, 5.74) is 1.03. The number of halogens is 6. The van der Waals surface area contributed by atoms with Gasteiger partial charge in [-0.2, -0.15) is 0 Å². The van der Waals surface area contributed by atoms with Crippen LogP contribution in [-0.2, 0) is 35.5 Å². The molecule has 8 nitrogen and oxygen atoms in total. The smallest absolute Gasteiger partial charge is 0.480 e. The lowest BCUT2D eigenvalue weighted by molar-refractivity contribution is -0.276. The molecule has 4 rings (SSSR count). The Kier molecular flexibility index (Phi) is 7.64. The van der Waals surface area contributed by atoms with Gasteiger partial charge in [-0.15, -0.1) is 37.7 Å². The Bertz CT molecular complexity index is 1260. The molecule has 37 heavy (non-hydrogen) atoms. The van der Waals surface area contributed by atoms with Crippen LogP contribution < -0.4 is 14.8 Å². The Labute approximate surface area is 209 Å². The van der Waals surface area contributed by atoms with Crippen molar-refractivity contribution in [2.24, 2.45) is 0 Å². The van der Waals surface area contributed by atoms with Gasteiger partial charge in [0.25, 0.3) is 0 Å². The predicted molar refractivity (Wildman–Crippen MR) is 118 cm³/mol.